The zero-order chi connectivity index (χ0) is 47.0. The molecule has 3 nitrogen and oxygen atoms in total. The Balaban J connectivity index is 1.39. The molecule has 0 spiro atoms. The SMILES string of the molecule is CCCCCCCCCCCCc1cc(Br)sc1-c1cc2c(s1)-c1sc(-c3sc(Br)cc3CCCCCCCCCCCC)cc1S(=O)(=O)N2CC(CCCCCC)CCCCCCCC. The van der Waals surface area contributed by atoms with Crippen molar-refractivity contribution in [3.05, 3.63) is 43.0 Å². The number of hydrogen-bond donors (Lipinski definition) is 0. The summed E-state index contributed by atoms with van der Waals surface area (Å²) in [4.78, 5) is 7.51. The Bertz CT molecular complexity index is 2040. The van der Waals surface area contributed by atoms with E-state index in [1.54, 1.807) is 22.7 Å². The van der Waals surface area contributed by atoms with Gasteiger partial charge >= 0.3 is 0 Å². The molecule has 372 valence electrons. The molecular formula is C56H87Br2NO2S5. The second-order valence-corrected chi connectivity index (χ2v) is 28.4. The van der Waals surface area contributed by atoms with E-state index in [9.17, 15) is 0 Å². The molecule has 1 aliphatic heterocycles. The molecule has 1 unspecified atom stereocenters. The number of rotatable bonds is 38. The van der Waals surface area contributed by atoms with Crippen molar-refractivity contribution in [2.45, 2.75) is 251 Å². The number of halogens is 2. The molecule has 1 aliphatic rings. The second kappa shape index (κ2) is 31.8. The first-order chi connectivity index (χ1) is 32.2. The van der Waals surface area contributed by atoms with Gasteiger partial charge in [0.15, 0.2) is 0 Å². The molecule has 0 aromatic carbocycles. The molecule has 0 saturated heterocycles. The minimum atomic E-state index is -3.77. The van der Waals surface area contributed by atoms with Crippen molar-refractivity contribution in [2.75, 3.05) is 10.8 Å². The van der Waals surface area contributed by atoms with Gasteiger partial charge in [0.1, 0.15) is 4.90 Å². The molecule has 0 amide bonds. The van der Waals surface area contributed by atoms with Gasteiger partial charge in [-0.3, -0.25) is 4.31 Å². The maximum absolute atomic E-state index is 15.3. The van der Waals surface area contributed by atoms with Crippen LogP contribution in [0.3, 0.4) is 0 Å². The lowest BCUT2D eigenvalue weighted by Crippen LogP contribution is -2.37. The number of anilines is 1. The lowest BCUT2D eigenvalue weighted by Gasteiger charge is -2.32. The van der Waals surface area contributed by atoms with Crippen molar-refractivity contribution < 1.29 is 8.42 Å². The summed E-state index contributed by atoms with van der Waals surface area (Å²) < 4.78 is 34.8. The number of fused-ring (bicyclic) bond motifs is 3. The Morgan fingerprint density at radius 3 is 1.24 bits per heavy atom. The standard InChI is InChI=1S/C56H87Br2NO2S5/c1-5-9-13-17-20-22-24-26-29-33-37-45-39-51(57)64-53(45)48-41-47-55(62-48)56-50(66(60,61)59(47)43-44(35-31-16-12-8-4)36-32-28-19-15-11-7-3)42-49(63-56)54-46(40-52(58)65-54)38-34-30-27-25-23-21-18-14-10-6-2/h39-42,44H,5-38,43H2,1-4H3. The molecule has 10 heteroatoms. The van der Waals surface area contributed by atoms with E-state index in [0.717, 1.165) is 49.8 Å². The summed E-state index contributed by atoms with van der Waals surface area (Å²) in [5, 5.41) is 0. The van der Waals surface area contributed by atoms with Gasteiger partial charge in [0.05, 0.1) is 23.0 Å². The molecule has 1 atom stereocenters. The van der Waals surface area contributed by atoms with Crippen LogP contribution in [0.5, 0.6) is 0 Å². The summed E-state index contributed by atoms with van der Waals surface area (Å²) in [7, 11) is -3.77. The van der Waals surface area contributed by atoms with Gasteiger partial charge in [0, 0.05) is 26.1 Å². The molecule has 4 aromatic rings. The van der Waals surface area contributed by atoms with Crippen LogP contribution in [-0.4, -0.2) is 15.0 Å². The first kappa shape index (κ1) is 56.4. The largest absolute Gasteiger partial charge is 0.265 e. The lowest BCUT2D eigenvalue weighted by atomic mass is 9.94. The fourth-order valence-electron chi connectivity index (χ4n) is 9.94. The highest BCUT2D eigenvalue weighted by atomic mass is 79.9. The van der Waals surface area contributed by atoms with E-state index < -0.39 is 10.0 Å². The number of hydrogen-bond acceptors (Lipinski definition) is 6. The van der Waals surface area contributed by atoms with Crippen molar-refractivity contribution in [1.29, 1.82) is 0 Å². The summed E-state index contributed by atoms with van der Waals surface area (Å²) in [6.07, 6.45) is 43.4. The van der Waals surface area contributed by atoms with Crippen LogP contribution in [0.1, 0.15) is 244 Å². The molecule has 5 heterocycles. The quantitative estimate of drug-likeness (QED) is 0.0420. The van der Waals surface area contributed by atoms with Crippen LogP contribution >= 0.6 is 77.2 Å². The maximum atomic E-state index is 15.3. The summed E-state index contributed by atoms with van der Waals surface area (Å²) in [6, 6.07) is 8.98. The Morgan fingerprint density at radius 2 is 0.803 bits per heavy atom. The molecular weight excluding hydrogens is 1040 g/mol. The summed E-state index contributed by atoms with van der Waals surface area (Å²) in [6.45, 7) is 9.72. The van der Waals surface area contributed by atoms with Crippen LogP contribution in [0.25, 0.3) is 29.3 Å². The molecule has 66 heavy (non-hydrogen) atoms. The summed E-state index contributed by atoms with van der Waals surface area (Å²) in [5.41, 5.74) is 3.69. The Morgan fingerprint density at radius 1 is 0.439 bits per heavy atom. The van der Waals surface area contributed by atoms with E-state index in [-0.39, 0.29) is 0 Å². The van der Waals surface area contributed by atoms with Gasteiger partial charge in [0.25, 0.3) is 10.0 Å². The zero-order valence-electron chi connectivity index (χ0n) is 41.7. The first-order valence-corrected chi connectivity index (χ1v) is 33.4. The number of aryl methyl sites for hydroxylation is 2. The van der Waals surface area contributed by atoms with E-state index in [2.05, 4.69) is 83.8 Å². The van der Waals surface area contributed by atoms with Gasteiger partial charge in [0.2, 0.25) is 0 Å². The Kier molecular flexibility index (Phi) is 27.2. The third-order valence-corrected chi connectivity index (χ3v) is 22.0. The minimum Gasteiger partial charge on any atom is -0.264 e. The smallest absolute Gasteiger partial charge is 0.264 e. The van der Waals surface area contributed by atoms with Crippen LogP contribution in [0.4, 0.5) is 5.69 Å². The molecule has 0 bridgehead atoms. The van der Waals surface area contributed by atoms with Crippen LogP contribution in [0.15, 0.2) is 36.7 Å². The highest BCUT2D eigenvalue weighted by Gasteiger charge is 2.40. The molecule has 4 aromatic heterocycles. The number of sulfonamides is 1. The van der Waals surface area contributed by atoms with Crippen molar-refractivity contribution in [1.82, 2.24) is 0 Å². The zero-order valence-corrected chi connectivity index (χ0v) is 49.0. The monoisotopic (exact) mass is 1120 g/mol. The van der Waals surface area contributed by atoms with Crippen molar-refractivity contribution in [2.24, 2.45) is 5.92 Å². The predicted molar refractivity (Wildman–Crippen MR) is 306 cm³/mol. The fraction of sp³-hybridized carbons (Fsp3) is 0.714. The first-order valence-electron chi connectivity index (χ1n) is 27.1. The van der Waals surface area contributed by atoms with Gasteiger partial charge in [-0.05, 0) is 112 Å². The Labute approximate surface area is 437 Å². The summed E-state index contributed by atoms with van der Waals surface area (Å²) in [5.74, 6) is 0.349. The molecule has 0 radical (unpaired) electrons. The molecule has 0 saturated carbocycles. The maximum Gasteiger partial charge on any atom is 0.265 e. The van der Waals surface area contributed by atoms with E-state index in [0.29, 0.717) is 17.4 Å². The average Bonchev–Trinajstić information content (AvgIpc) is 4.11. The third-order valence-electron chi connectivity index (χ3n) is 13.9. The number of thiophene rings is 4. The third kappa shape index (κ3) is 18.0. The van der Waals surface area contributed by atoms with Crippen LogP contribution in [-0.2, 0) is 22.9 Å². The summed E-state index contributed by atoms with van der Waals surface area (Å²) >= 11 is 14.9. The predicted octanol–water partition coefficient (Wildman–Crippen LogP) is 22.2. The number of unbranched alkanes of at least 4 members (excludes halogenated alkanes) is 26. The van der Waals surface area contributed by atoms with Crippen molar-refractivity contribution in [3.8, 4) is 29.3 Å². The van der Waals surface area contributed by atoms with E-state index in [4.69, 9.17) is 0 Å². The van der Waals surface area contributed by atoms with Crippen LogP contribution < -0.4 is 4.31 Å². The van der Waals surface area contributed by atoms with Gasteiger partial charge < -0.3 is 0 Å². The normalized spacial score (nSPS) is 13.8. The topological polar surface area (TPSA) is 37.4 Å². The highest BCUT2D eigenvalue weighted by molar-refractivity contribution is 9.11. The van der Waals surface area contributed by atoms with Crippen LogP contribution in [0, 0.1) is 5.92 Å². The van der Waals surface area contributed by atoms with E-state index >= 15 is 8.42 Å². The molecule has 0 N–H and O–H groups in total. The molecule has 0 aliphatic carbocycles. The van der Waals surface area contributed by atoms with Gasteiger partial charge in [-0.1, -0.05) is 207 Å². The lowest BCUT2D eigenvalue weighted by molar-refractivity contribution is 0.411. The fourth-order valence-corrected chi connectivity index (χ4v) is 18.3. The Hall–Kier alpha value is -0.490. The average molecular weight is 1130 g/mol. The van der Waals surface area contributed by atoms with Gasteiger partial charge in [-0.2, -0.15) is 0 Å². The minimum absolute atomic E-state index is 0.349. The van der Waals surface area contributed by atoms with Crippen LogP contribution in [0.2, 0.25) is 0 Å². The van der Waals surface area contributed by atoms with Crippen molar-refractivity contribution in [3.63, 3.8) is 0 Å². The van der Waals surface area contributed by atoms with E-state index in [1.807, 2.05) is 27.0 Å². The van der Waals surface area contributed by atoms with Gasteiger partial charge in [-0.25, -0.2) is 8.42 Å². The highest BCUT2D eigenvalue weighted by Crippen LogP contribution is 2.57. The number of nitrogens with zero attached hydrogens (tertiary/aromatic N) is 1. The van der Waals surface area contributed by atoms with Gasteiger partial charge in [-0.15, -0.1) is 45.3 Å². The molecule has 0 fully saturated rings. The molecule has 5 rings (SSSR count). The second-order valence-electron chi connectivity index (χ2n) is 19.6. The van der Waals surface area contributed by atoms with E-state index in [1.165, 1.54) is 222 Å². The van der Waals surface area contributed by atoms with Crippen molar-refractivity contribution >= 4 is 92.9 Å².